The van der Waals surface area contributed by atoms with E-state index >= 15 is 0 Å². The van der Waals surface area contributed by atoms with Gasteiger partial charge in [-0.15, -0.1) is 0 Å². The van der Waals surface area contributed by atoms with Crippen molar-refractivity contribution >= 4 is 5.97 Å². The molecule has 2 atom stereocenters. The van der Waals surface area contributed by atoms with Crippen molar-refractivity contribution in [2.45, 2.75) is 57.7 Å². The van der Waals surface area contributed by atoms with Gasteiger partial charge in [0.05, 0.1) is 6.10 Å². The smallest absolute Gasteiger partial charge is 0.332 e. The Morgan fingerprint density at radius 2 is 1.42 bits per heavy atom. The maximum Gasteiger partial charge on any atom is 0.332 e. The molecule has 0 aliphatic rings. The van der Waals surface area contributed by atoms with Crippen LogP contribution in [-0.4, -0.2) is 33.5 Å². The lowest BCUT2D eigenvalue weighted by molar-refractivity contribution is -0.146. The molecule has 144 valence electrons. The molecule has 0 bridgehead atoms. The van der Waals surface area contributed by atoms with Crippen LogP contribution in [0.2, 0.25) is 0 Å². The van der Waals surface area contributed by atoms with Gasteiger partial charge in [0, 0.05) is 6.42 Å². The van der Waals surface area contributed by atoms with Gasteiger partial charge in [0.1, 0.15) is 0 Å². The molecule has 4 nitrogen and oxygen atoms in total. The Morgan fingerprint density at radius 3 is 2.12 bits per heavy atom. The Hall–Kier alpha value is -2.17. The minimum atomic E-state index is -1.39. The number of aliphatic carboxylic acids is 1. The number of aliphatic hydroxyl groups excluding tert-OH is 2. The van der Waals surface area contributed by atoms with Crippen LogP contribution >= 0.6 is 0 Å². The van der Waals surface area contributed by atoms with Gasteiger partial charge < -0.3 is 15.3 Å². The molecule has 0 radical (unpaired) electrons. The maximum absolute atomic E-state index is 10.4. The van der Waals surface area contributed by atoms with E-state index in [-0.39, 0.29) is 6.42 Å². The van der Waals surface area contributed by atoms with Gasteiger partial charge in [0.2, 0.25) is 0 Å². The molecule has 0 aromatic carbocycles. The molecule has 0 amide bonds. The fourth-order valence-electron chi connectivity index (χ4n) is 1.88. The van der Waals surface area contributed by atoms with E-state index in [0.29, 0.717) is 6.42 Å². The Balaban J connectivity index is 3.80. The van der Waals surface area contributed by atoms with E-state index in [2.05, 4.69) is 37.3 Å². The van der Waals surface area contributed by atoms with Crippen molar-refractivity contribution < 1.29 is 20.1 Å². The normalized spacial score (nSPS) is 15.5. The summed E-state index contributed by atoms with van der Waals surface area (Å²) >= 11 is 0. The Labute approximate surface area is 157 Å². The lowest BCUT2D eigenvalue weighted by atomic mass is 10.2. The summed E-state index contributed by atoms with van der Waals surface area (Å²) in [6.07, 6.45) is 25.7. The van der Waals surface area contributed by atoms with Crippen LogP contribution in [0.25, 0.3) is 0 Å². The second kappa shape index (κ2) is 17.6. The highest BCUT2D eigenvalue weighted by Crippen LogP contribution is 2.00. The first-order valence-corrected chi connectivity index (χ1v) is 9.11. The summed E-state index contributed by atoms with van der Waals surface area (Å²) in [5.41, 5.74) is 0. The zero-order chi connectivity index (χ0) is 19.5. The number of hydrogen-bond donors (Lipinski definition) is 3. The molecular formula is C22H32O4. The highest BCUT2D eigenvalue weighted by atomic mass is 16.4. The van der Waals surface area contributed by atoms with Crippen LogP contribution in [0, 0.1) is 0 Å². The molecule has 3 N–H and O–H groups in total. The third-order valence-corrected chi connectivity index (χ3v) is 3.33. The lowest BCUT2D eigenvalue weighted by Crippen LogP contribution is -2.18. The van der Waals surface area contributed by atoms with Crippen molar-refractivity contribution in [2.75, 3.05) is 0 Å². The van der Waals surface area contributed by atoms with E-state index in [4.69, 9.17) is 10.2 Å². The van der Waals surface area contributed by atoms with Crippen LogP contribution in [0.5, 0.6) is 0 Å². The summed E-state index contributed by atoms with van der Waals surface area (Å²) in [5.74, 6) is -1.24. The minimum absolute atomic E-state index is 0.0435. The molecule has 0 aromatic rings. The van der Waals surface area contributed by atoms with Gasteiger partial charge in [-0.1, -0.05) is 79.8 Å². The molecule has 0 heterocycles. The fraction of sp³-hybridized carbons (Fsp3) is 0.409. The van der Waals surface area contributed by atoms with Crippen molar-refractivity contribution in [3.05, 3.63) is 72.9 Å². The molecule has 0 aromatic heterocycles. The van der Waals surface area contributed by atoms with Crippen LogP contribution in [0.1, 0.15) is 45.4 Å². The first-order valence-electron chi connectivity index (χ1n) is 9.11. The number of unbranched alkanes of at least 4 members (excludes halogenated alkanes) is 1. The van der Waals surface area contributed by atoms with Crippen LogP contribution in [0.4, 0.5) is 0 Å². The summed E-state index contributed by atoms with van der Waals surface area (Å²) in [7, 11) is 0. The third-order valence-electron chi connectivity index (χ3n) is 3.33. The standard InChI is InChI=1S/C22H32O4/c1-2-3-4-5-6-7-8-9-10-11-12-13-14-17-20(23)18-15-16-19-21(24)22(25)26/h3-4,7-10,12-17,20-21,23-24H,2,5-6,11,18-19H2,1H3,(H,25,26)/t20-,21?/m1/s1. The molecule has 0 spiro atoms. The topological polar surface area (TPSA) is 77.8 Å². The van der Waals surface area contributed by atoms with E-state index in [1.807, 2.05) is 18.2 Å². The van der Waals surface area contributed by atoms with Crippen molar-refractivity contribution in [3.63, 3.8) is 0 Å². The summed E-state index contributed by atoms with van der Waals surface area (Å²) in [4.78, 5) is 10.4. The zero-order valence-electron chi connectivity index (χ0n) is 15.6. The average molecular weight is 360 g/mol. The lowest BCUT2D eigenvalue weighted by Gasteiger charge is -2.01. The van der Waals surface area contributed by atoms with Gasteiger partial charge in [-0.25, -0.2) is 4.79 Å². The van der Waals surface area contributed by atoms with E-state index in [1.165, 1.54) is 0 Å². The van der Waals surface area contributed by atoms with Crippen LogP contribution in [0.15, 0.2) is 72.9 Å². The highest BCUT2D eigenvalue weighted by molar-refractivity contribution is 5.72. The minimum Gasteiger partial charge on any atom is -0.479 e. The molecule has 0 fully saturated rings. The van der Waals surface area contributed by atoms with Crippen molar-refractivity contribution in [3.8, 4) is 0 Å². The van der Waals surface area contributed by atoms with Crippen LogP contribution in [-0.2, 0) is 4.79 Å². The first-order chi connectivity index (χ1) is 12.6. The largest absolute Gasteiger partial charge is 0.479 e. The molecule has 0 rings (SSSR count). The number of carbonyl (C=O) groups is 1. The van der Waals surface area contributed by atoms with E-state index < -0.39 is 18.2 Å². The summed E-state index contributed by atoms with van der Waals surface area (Å²) in [6.45, 7) is 2.13. The number of carboxylic acids is 1. The molecule has 0 saturated heterocycles. The summed E-state index contributed by atoms with van der Waals surface area (Å²) in [5, 5.41) is 27.3. The van der Waals surface area contributed by atoms with Gasteiger partial charge in [-0.3, -0.25) is 0 Å². The second-order valence-corrected chi connectivity index (χ2v) is 5.73. The summed E-state index contributed by atoms with van der Waals surface area (Å²) in [6, 6.07) is 0. The van der Waals surface area contributed by atoms with E-state index in [1.54, 1.807) is 24.3 Å². The summed E-state index contributed by atoms with van der Waals surface area (Å²) < 4.78 is 0. The van der Waals surface area contributed by atoms with Crippen molar-refractivity contribution in [1.29, 1.82) is 0 Å². The number of rotatable bonds is 14. The molecule has 0 aliphatic heterocycles. The van der Waals surface area contributed by atoms with Gasteiger partial charge in [-0.05, 0) is 32.1 Å². The SMILES string of the molecule is CCC=CCCC=CC=CCC=CC=C[C@@H](O)CC=CCC(O)C(=O)O. The third kappa shape index (κ3) is 16.7. The molecule has 0 saturated carbocycles. The van der Waals surface area contributed by atoms with Gasteiger partial charge >= 0.3 is 5.97 Å². The predicted octanol–water partition coefficient (Wildman–Crippen LogP) is 4.49. The van der Waals surface area contributed by atoms with Crippen LogP contribution < -0.4 is 0 Å². The monoisotopic (exact) mass is 360 g/mol. The Bertz CT molecular complexity index is 524. The molecular weight excluding hydrogens is 328 g/mol. The van der Waals surface area contributed by atoms with Crippen LogP contribution in [0.3, 0.4) is 0 Å². The van der Waals surface area contributed by atoms with E-state index in [0.717, 1.165) is 25.7 Å². The van der Waals surface area contributed by atoms with Gasteiger partial charge in [0.15, 0.2) is 6.10 Å². The molecule has 0 aliphatic carbocycles. The number of carboxylic acid groups (broad SMARTS) is 1. The fourth-order valence-corrected chi connectivity index (χ4v) is 1.88. The second-order valence-electron chi connectivity index (χ2n) is 5.73. The Morgan fingerprint density at radius 1 is 0.808 bits per heavy atom. The Kier molecular flexibility index (Phi) is 16.2. The first kappa shape index (κ1) is 23.8. The molecule has 4 heteroatoms. The average Bonchev–Trinajstić information content (AvgIpc) is 2.62. The quantitative estimate of drug-likeness (QED) is 0.242. The molecule has 26 heavy (non-hydrogen) atoms. The van der Waals surface area contributed by atoms with Crippen molar-refractivity contribution in [1.82, 2.24) is 0 Å². The van der Waals surface area contributed by atoms with Crippen molar-refractivity contribution in [2.24, 2.45) is 0 Å². The van der Waals surface area contributed by atoms with E-state index in [9.17, 15) is 9.90 Å². The van der Waals surface area contributed by atoms with Gasteiger partial charge in [-0.2, -0.15) is 0 Å². The zero-order valence-corrected chi connectivity index (χ0v) is 15.6. The highest BCUT2D eigenvalue weighted by Gasteiger charge is 2.09. The predicted molar refractivity (Wildman–Crippen MR) is 108 cm³/mol. The number of hydrogen-bond acceptors (Lipinski definition) is 3. The molecule has 1 unspecified atom stereocenters. The number of allylic oxidation sites excluding steroid dienone is 9. The number of aliphatic hydroxyl groups is 2. The maximum atomic E-state index is 10.4. The van der Waals surface area contributed by atoms with Gasteiger partial charge in [0.25, 0.3) is 0 Å².